The first-order valence-corrected chi connectivity index (χ1v) is 15.5. The molecule has 216 valence electrons. The molecule has 2 heterocycles. The van der Waals surface area contributed by atoms with Gasteiger partial charge in [-0.3, -0.25) is 4.98 Å². The van der Waals surface area contributed by atoms with Crippen LogP contribution in [0.5, 0.6) is 0 Å². The number of nitrogens with zero attached hydrogens (tertiary/aromatic N) is 2. The van der Waals surface area contributed by atoms with Crippen LogP contribution in [0, 0.1) is 0 Å². The highest BCUT2D eigenvalue weighted by Gasteiger charge is 2.20. The largest absolute Gasteiger partial charge is 0.452 e. The van der Waals surface area contributed by atoms with Crippen LogP contribution in [0.15, 0.2) is 175 Å². The summed E-state index contributed by atoms with van der Waals surface area (Å²) in [6.45, 7) is 0. The molecular formula is C43H28N2O. The lowest BCUT2D eigenvalue weighted by Crippen LogP contribution is -2.10. The smallest absolute Gasteiger partial charge is 0.159 e. The van der Waals surface area contributed by atoms with Crippen LogP contribution >= 0.6 is 0 Å². The van der Waals surface area contributed by atoms with E-state index in [1.165, 1.54) is 43.8 Å². The number of pyridine rings is 1. The molecule has 2 aromatic heterocycles. The van der Waals surface area contributed by atoms with Crippen molar-refractivity contribution in [3.8, 4) is 22.3 Å². The zero-order chi connectivity index (χ0) is 30.5. The molecule has 0 saturated heterocycles. The maximum Gasteiger partial charge on any atom is 0.159 e. The molecule has 0 unspecified atom stereocenters. The van der Waals surface area contributed by atoms with Crippen LogP contribution in [0.3, 0.4) is 0 Å². The summed E-state index contributed by atoms with van der Waals surface area (Å²) in [7, 11) is 0. The fourth-order valence-electron chi connectivity index (χ4n) is 6.78. The summed E-state index contributed by atoms with van der Waals surface area (Å²) in [5, 5.41) is 7.11. The first kappa shape index (κ1) is 26.2. The zero-order valence-electron chi connectivity index (χ0n) is 25.0. The molecule has 0 atom stereocenters. The second-order valence-electron chi connectivity index (χ2n) is 11.6. The molecule has 9 aromatic rings. The summed E-state index contributed by atoms with van der Waals surface area (Å²) in [5.41, 5.74) is 9.50. The molecule has 46 heavy (non-hydrogen) atoms. The predicted molar refractivity (Wildman–Crippen MR) is 192 cm³/mol. The van der Waals surface area contributed by atoms with Gasteiger partial charge in [-0.2, -0.15) is 0 Å². The van der Waals surface area contributed by atoms with Gasteiger partial charge in [0.15, 0.2) is 11.2 Å². The van der Waals surface area contributed by atoms with Gasteiger partial charge in [0.05, 0.1) is 11.9 Å². The minimum absolute atomic E-state index is 0.780. The number of aromatic nitrogens is 1. The zero-order valence-corrected chi connectivity index (χ0v) is 25.0. The first-order valence-electron chi connectivity index (χ1n) is 15.5. The van der Waals surface area contributed by atoms with E-state index in [1.807, 2.05) is 12.3 Å². The van der Waals surface area contributed by atoms with Crippen molar-refractivity contribution < 1.29 is 4.42 Å². The lowest BCUT2D eigenvalue weighted by molar-refractivity contribution is 0.667. The van der Waals surface area contributed by atoms with Crippen molar-refractivity contribution in [3.63, 3.8) is 0 Å². The lowest BCUT2D eigenvalue weighted by Gasteiger charge is -2.26. The van der Waals surface area contributed by atoms with Gasteiger partial charge >= 0.3 is 0 Å². The average Bonchev–Trinajstić information content (AvgIpc) is 3.52. The monoisotopic (exact) mass is 588 g/mol. The number of hydrogen-bond acceptors (Lipinski definition) is 3. The van der Waals surface area contributed by atoms with Gasteiger partial charge in [0.1, 0.15) is 0 Å². The Balaban J connectivity index is 1.20. The molecule has 9 rings (SSSR count). The summed E-state index contributed by atoms with van der Waals surface area (Å²) in [4.78, 5) is 6.60. The Hall–Kier alpha value is -6.19. The van der Waals surface area contributed by atoms with Crippen LogP contribution < -0.4 is 4.90 Å². The molecule has 0 spiro atoms. The molecule has 3 heteroatoms. The quantitative estimate of drug-likeness (QED) is 0.200. The summed E-state index contributed by atoms with van der Waals surface area (Å²) in [6, 6.07) is 56.2. The molecule has 0 aliphatic carbocycles. The molecule has 0 aliphatic heterocycles. The van der Waals surface area contributed by atoms with Crippen molar-refractivity contribution in [1.82, 2.24) is 4.98 Å². The number of furan rings is 1. The minimum Gasteiger partial charge on any atom is -0.452 e. The van der Waals surface area contributed by atoms with Crippen molar-refractivity contribution in [3.05, 3.63) is 170 Å². The van der Waals surface area contributed by atoms with Gasteiger partial charge in [0, 0.05) is 28.3 Å². The minimum atomic E-state index is 0.780. The van der Waals surface area contributed by atoms with Gasteiger partial charge in [0.25, 0.3) is 0 Å². The molecule has 0 fully saturated rings. The maximum atomic E-state index is 6.49. The number of fused-ring (bicyclic) bond motifs is 5. The fraction of sp³-hybridized carbons (Fsp3) is 0. The van der Waals surface area contributed by atoms with Crippen LogP contribution in [0.25, 0.3) is 65.7 Å². The third-order valence-electron chi connectivity index (χ3n) is 8.97. The number of hydrogen-bond donors (Lipinski definition) is 0. The van der Waals surface area contributed by atoms with E-state index in [0.29, 0.717) is 0 Å². The van der Waals surface area contributed by atoms with Crippen molar-refractivity contribution >= 4 is 60.5 Å². The Bertz CT molecular complexity index is 2390. The molecule has 0 bridgehead atoms. The summed E-state index contributed by atoms with van der Waals surface area (Å²) in [6.07, 6.45) is 3.61. The van der Waals surface area contributed by atoms with E-state index in [9.17, 15) is 0 Å². The normalized spacial score (nSPS) is 11.5. The lowest BCUT2D eigenvalue weighted by atomic mass is 9.97. The van der Waals surface area contributed by atoms with E-state index in [1.54, 1.807) is 6.20 Å². The van der Waals surface area contributed by atoms with Crippen molar-refractivity contribution in [1.29, 1.82) is 0 Å². The van der Waals surface area contributed by atoms with E-state index in [-0.39, 0.29) is 0 Å². The summed E-state index contributed by atoms with van der Waals surface area (Å²) in [5.74, 6) is 0. The third-order valence-corrected chi connectivity index (χ3v) is 8.97. The van der Waals surface area contributed by atoms with E-state index >= 15 is 0 Å². The molecule has 0 aliphatic rings. The van der Waals surface area contributed by atoms with Gasteiger partial charge in [-0.05, 0) is 80.2 Å². The van der Waals surface area contributed by atoms with Gasteiger partial charge in [0.2, 0.25) is 0 Å². The Labute approximate surface area is 266 Å². The van der Waals surface area contributed by atoms with Crippen molar-refractivity contribution in [2.75, 3.05) is 4.90 Å². The van der Waals surface area contributed by atoms with Crippen LogP contribution in [-0.4, -0.2) is 4.98 Å². The van der Waals surface area contributed by atoms with Gasteiger partial charge in [-0.1, -0.05) is 121 Å². The van der Waals surface area contributed by atoms with Crippen LogP contribution in [0.1, 0.15) is 0 Å². The van der Waals surface area contributed by atoms with Gasteiger partial charge < -0.3 is 9.32 Å². The number of anilines is 3. The molecular weight excluding hydrogens is 560 g/mol. The maximum absolute atomic E-state index is 6.49. The average molecular weight is 589 g/mol. The van der Waals surface area contributed by atoms with Crippen LogP contribution in [0.4, 0.5) is 17.1 Å². The SMILES string of the molecule is c1ccc2c(-c3ccc(N(c4ccc(-c5cccc6ccccc56)cc4)c4cccc5c4oc4cnccc45)cc3)cccc2c1. The van der Waals surface area contributed by atoms with Crippen molar-refractivity contribution in [2.24, 2.45) is 0 Å². The van der Waals surface area contributed by atoms with Gasteiger partial charge in [-0.15, -0.1) is 0 Å². The predicted octanol–water partition coefficient (Wildman–Crippen LogP) is 12.1. The van der Waals surface area contributed by atoms with E-state index < -0.39 is 0 Å². The fourth-order valence-corrected chi connectivity index (χ4v) is 6.78. The Morgan fingerprint density at radius 1 is 0.435 bits per heavy atom. The number of rotatable bonds is 5. The van der Waals surface area contributed by atoms with E-state index in [2.05, 4.69) is 162 Å². The van der Waals surface area contributed by atoms with Crippen molar-refractivity contribution in [2.45, 2.75) is 0 Å². The summed E-state index contributed by atoms with van der Waals surface area (Å²) < 4.78 is 6.49. The van der Waals surface area contributed by atoms with Crippen LogP contribution in [0.2, 0.25) is 0 Å². The molecule has 0 saturated carbocycles. The number of para-hydroxylation sites is 1. The first-order chi connectivity index (χ1) is 22.8. The highest BCUT2D eigenvalue weighted by molar-refractivity contribution is 6.10. The highest BCUT2D eigenvalue weighted by atomic mass is 16.3. The second kappa shape index (κ2) is 10.8. The van der Waals surface area contributed by atoms with Gasteiger partial charge in [-0.25, -0.2) is 0 Å². The van der Waals surface area contributed by atoms with Crippen LogP contribution in [-0.2, 0) is 0 Å². The molecule has 7 aromatic carbocycles. The van der Waals surface area contributed by atoms with E-state index in [4.69, 9.17) is 4.42 Å². The Morgan fingerprint density at radius 2 is 0.957 bits per heavy atom. The van der Waals surface area contributed by atoms with E-state index in [0.717, 1.165) is 39.0 Å². The third kappa shape index (κ3) is 4.33. The molecule has 0 radical (unpaired) electrons. The Kier molecular flexibility index (Phi) is 6.14. The summed E-state index contributed by atoms with van der Waals surface area (Å²) >= 11 is 0. The highest BCUT2D eigenvalue weighted by Crippen LogP contribution is 2.43. The molecule has 3 nitrogen and oxygen atoms in total. The topological polar surface area (TPSA) is 29.3 Å². The molecule has 0 amide bonds. The second-order valence-corrected chi connectivity index (χ2v) is 11.6. The number of benzene rings is 7. The standard InChI is InChI=1S/C43H28N2O/c1-3-12-35-29(8-1)10-5-14-37(35)31-18-22-33(23-19-31)45(41-17-7-16-40-39-26-27-44-28-42(39)46-43(40)41)34-24-20-32(21-25-34)38-15-6-11-30-9-2-4-13-36(30)38/h1-28H. The molecule has 0 N–H and O–H groups in total. The Morgan fingerprint density at radius 3 is 1.57 bits per heavy atom.